The molecule has 0 N–H and O–H groups in total. The molecule has 1 aromatic carbocycles. The highest BCUT2D eigenvalue weighted by molar-refractivity contribution is 7.88. The third-order valence-electron chi connectivity index (χ3n) is 4.75. The summed E-state index contributed by atoms with van der Waals surface area (Å²) in [7, 11) is -3.37. The van der Waals surface area contributed by atoms with Gasteiger partial charge in [-0.3, -0.25) is 0 Å². The molecule has 0 amide bonds. The molecule has 6 nitrogen and oxygen atoms in total. The predicted octanol–water partition coefficient (Wildman–Crippen LogP) is 2.49. The maximum atomic E-state index is 12.8. The molecule has 4 rings (SSSR count). The molecule has 0 atom stereocenters. The van der Waals surface area contributed by atoms with E-state index in [9.17, 15) is 8.42 Å². The zero-order chi connectivity index (χ0) is 17.3. The summed E-state index contributed by atoms with van der Waals surface area (Å²) in [6.45, 7) is 1.88. The highest BCUT2D eigenvalue weighted by atomic mass is 32.2. The molecule has 0 radical (unpaired) electrons. The van der Waals surface area contributed by atoms with E-state index in [2.05, 4.69) is 5.16 Å². The summed E-state index contributed by atoms with van der Waals surface area (Å²) in [5.74, 6) is 1.49. The molecule has 1 saturated carbocycles. The first-order chi connectivity index (χ1) is 12.1. The van der Waals surface area contributed by atoms with Crippen LogP contribution < -0.4 is 0 Å². The predicted molar refractivity (Wildman–Crippen MR) is 92.1 cm³/mol. The Morgan fingerprint density at radius 2 is 2.04 bits per heavy atom. The first-order valence-electron chi connectivity index (χ1n) is 8.67. The molecule has 2 heterocycles. The Labute approximate surface area is 147 Å². The number of rotatable bonds is 7. The van der Waals surface area contributed by atoms with E-state index >= 15 is 0 Å². The molecule has 0 bridgehead atoms. The molecule has 1 aliphatic carbocycles. The van der Waals surface area contributed by atoms with Crippen LogP contribution in [0.1, 0.15) is 35.4 Å². The second kappa shape index (κ2) is 6.90. The van der Waals surface area contributed by atoms with Gasteiger partial charge < -0.3 is 9.26 Å². The molecule has 25 heavy (non-hydrogen) atoms. The number of hydrogen-bond acceptors (Lipinski definition) is 5. The van der Waals surface area contributed by atoms with Crippen molar-refractivity contribution in [2.75, 3.05) is 13.2 Å². The summed E-state index contributed by atoms with van der Waals surface area (Å²) >= 11 is 0. The normalized spacial score (nSPS) is 18.2. The first-order valence-corrected chi connectivity index (χ1v) is 10.3. The molecule has 7 heteroatoms. The second-order valence-corrected chi connectivity index (χ2v) is 8.78. The van der Waals surface area contributed by atoms with Crippen molar-refractivity contribution in [2.45, 2.75) is 38.2 Å². The maximum absolute atomic E-state index is 12.8. The summed E-state index contributed by atoms with van der Waals surface area (Å²) in [5, 5.41) is 4.09. The van der Waals surface area contributed by atoms with Crippen molar-refractivity contribution >= 4 is 10.0 Å². The Balaban J connectivity index is 1.44. The van der Waals surface area contributed by atoms with Crippen molar-refractivity contribution in [3.63, 3.8) is 0 Å². The SMILES string of the molecule is O=S(=O)(Cc1ccccc1)N1CCc2onc(COCC3CC3)c2C1. The number of hydrogen-bond donors (Lipinski definition) is 0. The highest BCUT2D eigenvalue weighted by Gasteiger charge is 2.31. The molecule has 0 unspecified atom stereocenters. The quantitative estimate of drug-likeness (QED) is 0.757. The minimum Gasteiger partial charge on any atom is -0.375 e. The van der Waals surface area contributed by atoms with Crippen molar-refractivity contribution in [3.8, 4) is 0 Å². The molecular weight excluding hydrogens is 340 g/mol. The molecule has 1 aliphatic heterocycles. The van der Waals surface area contributed by atoms with Gasteiger partial charge >= 0.3 is 0 Å². The number of benzene rings is 1. The number of aromatic nitrogens is 1. The van der Waals surface area contributed by atoms with Crippen LogP contribution in [0.4, 0.5) is 0 Å². The average Bonchev–Trinajstić information content (AvgIpc) is 3.34. The van der Waals surface area contributed by atoms with Crippen molar-refractivity contribution < 1.29 is 17.7 Å². The van der Waals surface area contributed by atoms with Crippen LogP contribution in [0.2, 0.25) is 0 Å². The number of sulfonamides is 1. The van der Waals surface area contributed by atoms with Gasteiger partial charge in [-0.05, 0) is 24.3 Å². The van der Waals surface area contributed by atoms with Gasteiger partial charge in [-0.25, -0.2) is 8.42 Å². The Hall–Kier alpha value is -1.70. The van der Waals surface area contributed by atoms with Crippen molar-refractivity contribution in [1.29, 1.82) is 0 Å². The van der Waals surface area contributed by atoms with Gasteiger partial charge in [0, 0.05) is 31.7 Å². The monoisotopic (exact) mass is 362 g/mol. The lowest BCUT2D eigenvalue weighted by molar-refractivity contribution is 0.106. The number of nitrogens with zero attached hydrogens (tertiary/aromatic N) is 2. The summed E-state index contributed by atoms with van der Waals surface area (Å²) in [4.78, 5) is 0. The van der Waals surface area contributed by atoms with Crippen molar-refractivity contribution in [2.24, 2.45) is 5.92 Å². The highest BCUT2D eigenvalue weighted by Crippen LogP contribution is 2.30. The lowest BCUT2D eigenvalue weighted by Gasteiger charge is -2.25. The Morgan fingerprint density at radius 1 is 1.24 bits per heavy atom. The van der Waals surface area contributed by atoms with Crippen LogP contribution in [-0.4, -0.2) is 31.0 Å². The fraction of sp³-hybridized carbons (Fsp3) is 0.500. The van der Waals surface area contributed by atoms with E-state index in [1.54, 1.807) is 0 Å². The van der Waals surface area contributed by atoms with E-state index < -0.39 is 10.0 Å². The Bertz CT molecular complexity index is 828. The van der Waals surface area contributed by atoms with Crippen LogP contribution in [-0.2, 0) is 40.1 Å². The van der Waals surface area contributed by atoms with Crippen LogP contribution in [0.25, 0.3) is 0 Å². The van der Waals surface area contributed by atoms with Crippen molar-refractivity contribution in [3.05, 3.63) is 52.9 Å². The van der Waals surface area contributed by atoms with Crippen LogP contribution in [0.5, 0.6) is 0 Å². The maximum Gasteiger partial charge on any atom is 0.218 e. The van der Waals surface area contributed by atoms with Gasteiger partial charge in [0.15, 0.2) is 0 Å². The van der Waals surface area contributed by atoms with Gasteiger partial charge in [-0.1, -0.05) is 35.5 Å². The summed E-state index contributed by atoms with van der Waals surface area (Å²) in [6.07, 6.45) is 3.03. The second-order valence-electron chi connectivity index (χ2n) is 6.81. The lowest BCUT2D eigenvalue weighted by Crippen LogP contribution is -2.36. The summed E-state index contributed by atoms with van der Waals surface area (Å²) < 4.78 is 38.1. The largest absolute Gasteiger partial charge is 0.375 e. The number of ether oxygens (including phenoxy) is 1. The van der Waals surface area contributed by atoms with E-state index in [1.807, 2.05) is 30.3 Å². The van der Waals surface area contributed by atoms with Crippen LogP contribution >= 0.6 is 0 Å². The van der Waals surface area contributed by atoms with Crippen LogP contribution in [0.3, 0.4) is 0 Å². The van der Waals surface area contributed by atoms with Gasteiger partial charge in [-0.15, -0.1) is 0 Å². The van der Waals surface area contributed by atoms with Gasteiger partial charge in [0.05, 0.1) is 12.4 Å². The Morgan fingerprint density at radius 3 is 2.80 bits per heavy atom. The minimum absolute atomic E-state index is 0.0158. The van der Waals surface area contributed by atoms with E-state index in [-0.39, 0.29) is 5.75 Å². The van der Waals surface area contributed by atoms with Crippen LogP contribution in [0.15, 0.2) is 34.9 Å². The van der Waals surface area contributed by atoms with E-state index in [0.29, 0.717) is 32.0 Å². The molecule has 0 saturated heterocycles. The molecule has 134 valence electrons. The smallest absolute Gasteiger partial charge is 0.218 e. The molecule has 0 spiro atoms. The van der Waals surface area contributed by atoms with Gasteiger partial charge in [-0.2, -0.15) is 4.31 Å². The standard InChI is InChI=1S/C18H22N2O4S/c21-25(22,13-15-4-2-1-3-5-15)20-9-8-18-16(10-20)17(19-24-18)12-23-11-14-6-7-14/h1-5,14H,6-13H2. The van der Waals surface area contributed by atoms with Gasteiger partial charge in [0.1, 0.15) is 11.5 Å². The van der Waals surface area contributed by atoms with E-state index in [1.165, 1.54) is 17.1 Å². The minimum atomic E-state index is -3.37. The summed E-state index contributed by atoms with van der Waals surface area (Å²) in [5.41, 5.74) is 2.40. The fourth-order valence-corrected chi connectivity index (χ4v) is 4.56. The zero-order valence-corrected chi connectivity index (χ0v) is 14.9. The third kappa shape index (κ3) is 3.94. The van der Waals surface area contributed by atoms with E-state index in [0.717, 1.165) is 29.2 Å². The molecule has 2 aromatic rings. The van der Waals surface area contributed by atoms with Gasteiger partial charge in [0.25, 0.3) is 0 Å². The lowest BCUT2D eigenvalue weighted by atomic mass is 10.1. The average molecular weight is 362 g/mol. The first kappa shape index (κ1) is 16.8. The Kier molecular flexibility index (Phi) is 4.62. The molecular formula is C18H22N2O4S. The zero-order valence-electron chi connectivity index (χ0n) is 14.1. The van der Waals surface area contributed by atoms with Crippen LogP contribution in [0, 0.1) is 5.92 Å². The topological polar surface area (TPSA) is 72.6 Å². The fourth-order valence-electron chi connectivity index (χ4n) is 3.07. The molecule has 1 fully saturated rings. The van der Waals surface area contributed by atoms with Gasteiger partial charge in [0.2, 0.25) is 10.0 Å². The molecule has 2 aliphatic rings. The summed E-state index contributed by atoms with van der Waals surface area (Å²) in [6, 6.07) is 9.27. The van der Waals surface area contributed by atoms with Crippen molar-refractivity contribution in [1.82, 2.24) is 9.46 Å². The number of fused-ring (bicyclic) bond motifs is 1. The van der Waals surface area contributed by atoms with E-state index in [4.69, 9.17) is 9.26 Å². The third-order valence-corrected chi connectivity index (χ3v) is 6.54. The molecule has 1 aromatic heterocycles.